The fourth-order valence-corrected chi connectivity index (χ4v) is 5.14. The average molecular weight is 346 g/mol. The Hall–Kier alpha value is -0.520. The SMILES string of the molecule is Cc1ccccc1NC(=S)NP(=S)(OC(C)C)OC(C)C. The van der Waals surface area contributed by atoms with E-state index in [0.717, 1.165) is 11.3 Å². The van der Waals surface area contributed by atoms with Gasteiger partial charge in [-0.2, -0.15) is 0 Å². The molecule has 0 unspecified atom stereocenters. The molecule has 0 aliphatic carbocycles. The van der Waals surface area contributed by atoms with Gasteiger partial charge in [0, 0.05) is 5.69 Å². The summed E-state index contributed by atoms with van der Waals surface area (Å²) in [6, 6.07) is 7.89. The van der Waals surface area contributed by atoms with E-state index >= 15 is 0 Å². The van der Waals surface area contributed by atoms with Crippen LogP contribution in [-0.2, 0) is 20.9 Å². The Labute approximate surface area is 137 Å². The summed E-state index contributed by atoms with van der Waals surface area (Å²) in [5.74, 6) is 0. The topological polar surface area (TPSA) is 42.5 Å². The average Bonchev–Trinajstić information content (AvgIpc) is 2.28. The molecule has 0 amide bonds. The van der Waals surface area contributed by atoms with Gasteiger partial charge in [0.25, 0.3) is 6.64 Å². The third-order valence-electron chi connectivity index (χ3n) is 2.33. The molecule has 0 atom stereocenters. The van der Waals surface area contributed by atoms with Crippen molar-refractivity contribution in [3.63, 3.8) is 0 Å². The van der Waals surface area contributed by atoms with Crippen LogP contribution in [0.15, 0.2) is 24.3 Å². The molecule has 1 rings (SSSR count). The molecule has 0 saturated carbocycles. The molecular formula is C14H23N2O2PS2. The van der Waals surface area contributed by atoms with Crippen LogP contribution in [0, 0.1) is 6.92 Å². The summed E-state index contributed by atoms with van der Waals surface area (Å²) in [5.41, 5.74) is 2.04. The van der Waals surface area contributed by atoms with E-state index in [9.17, 15) is 0 Å². The fourth-order valence-electron chi connectivity index (χ4n) is 1.62. The molecule has 0 spiro atoms. The van der Waals surface area contributed by atoms with E-state index in [1.54, 1.807) is 0 Å². The molecule has 1 aromatic rings. The fraction of sp³-hybridized carbons (Fsp3) is 0.500. The quantitative estimate of drug-likeness (QED) is 0.589. The van der Waals surface area contributed by atoms with Crippen LogP contribution in [0.4, 0.5) is 5.69 Å². The van der Waals surface area contributed by atoms with Gasteiger partial charge < -0.3 is 14.4 Å². The molecule has 0 radical (unpaired) electrons. The lowest BCUT2D eigenvalue weighted by Gasteiger charge is -2.28. The van der Waals surface area contributed by atoms with E-state index in [4.69, 9.17) is 33.1 Å². The summed E-state index contributed by atoms with van der Waals surface area (Å²) < 4.78 is 11.5. The Balaban J connectivity index is 2.77. The highest BCUT2D eigenvalue weighted by atomic mass is 32.5. The van der Waals surface area contributed by atoms with Crippen molar-refractivity contribution >= 4 is 41.5 Å². The lowest BCUT2D eigenvalue weighted by molar-refractivity contribution is 0.172. The number of anilines is 1. The molecular weight excluding hydrogens is 323 g/mol. The molecule has 0 heterocycles. The summed E-state index contributed by atoms with van der Waals surface area (Å²) in [4.78, 5) is 0. The van der Waals surface area contributed by atoms with Gasteiger partial charge in [-0.3, -0.25) is 5.09 Å². The Kier molecular flexibility index (Phi) is 7.24. The van der Waals surface area contributed by atoms with Crippen molar-refractivity contribution in [3.05, 3.63) is 29.8 Å². The molecule has 1 aromatic carbocycles. The zero-order valence-electron chi connectivity index (χ0n) is 13.0. The molecule has 21 heavy (non-hydrogen) atoms. The monoisotopic (exact) mass is 346 g/mol. The molecule has 0 aliphatic heterocycles. The molecule has 118 valence electrons. The summed E-state index contributed by atoms with van der Waals surface area (Å²) in [5, 5.41) is 6.58. The molecule has 0 bridgehead atoms. The van der Waals surface area contributed by atoms with Gasteiger partial charge in [0.2, 0.25) is 0 Å². The first-order valence-corrected chi connectivity index (χ1v) is 9.88. The third-order valence-corrected chi connectivity index (χ3v) is 5.37. The van der Waals surface area contributed by atoms with E-state index in [2.05, 4.69) is 10.4 Å². The van der Waals surface area contributed by atoms with Gasteiger partial charge in [-0.1, -0.05) is 18.2 Å². The molecule has 0 fully saturated rings. The predicted molar refractivity (Wildman–Crippen MR) is 97.3 cm³/mol. The summed E-state index contributed by atoms with van der Waals surface area (Å²) in [7, 11) is 0. The number of aryl methyl sites for hydroxylation is 1. The van der Waals surface area contributed by atoms with Crippen LogP contribution >= 0.6 is 18.9 Å². The highest BCUT2D eigenvalue weighted by molar-refractivity contribution is 8.09. The first-order chi connectivity index (χ1) is 9.72. The first-order valence-electron chi connectivity index (χ1n) is 6.83. The van der Waals surface area contributed by atoms with Crippen molar-refractivity contribution in [2.24, 2.45) is 0 Å². The maximum atomic E-state index is 5.75. The summed E-state index contributed by atoms with van der Waals surface area (Å²) in [6.45, 7) is 7.03. The second kappa shape index (κ2) is 8.20. The number of benzene rings is 1. The largest absolute Gasteiger partial charge is 0.332 e. The van der Waals surface area contributed by atoms with Crippen molar-refractivity contribution in [1.29, 1.82) is 0 Å². The van der Waals surface area contributed by atoms with Gasteiger partial charge in [0.05, 0.1) is 12.2 Å². The van der Waals surface area contributed by atoms with Crippen LogP contribution < -0.4 is 10.4 Å². The van der Waals surface area contributed by atoms with E-state index in [1.165, 1.54) is 0 Å². The summed E-state index contributed by atoms with van der Waals surface area (Å²) in [6.07, 6.45) is -0.0771. The number of hydrogen-bond donors (Lipinski definition) is 2. The van der Waals surface area contributed by atoms with E-state index in [-0.39, 0.29) is 12.2 Å². The van der Waals surface area contributed by atoms with Crippen LogP contribution in [0.25, 0.3) is 0 Å². The minimum absolute atomic E-state index is 0.0386. The lowest BCUT2D eigenvalue weighted by Crippen LogP contribution is -2.29. The zero-order valence-corrected chi connectivity index (χ0v) is 15.6. The van der Waals surface area contributed by atoms with Crippen molar-refractivity contribution in [2.75, 3.05) is 5.32 Å². The van der Waals surface area contributed by atoms with Gasteiger partial charge in [-0.25, -0.2) is 0 Å². The Morgan fingerprint density at radius 3 is 2.10 bits per heavy atom. The van der Waals surface area contributed by atoms with E-state index in [0.29, 0.717) is 5.11 Å². The minimum Gasteiger partial charge on any atom is -0.332 e. The van der Waals surface area contributed by atoms with Crippen LogP contribution in [0.2, 0.25) is 0 Å². The molecule has 4 nitrogen and oxygen atoms in total. The highest BCUT2D eigenvalue weighted by Gasteiger charge is 2.24. The lowest BCUT2D eigenvalue weighted by atomic mass is 10.2. The highest BCUT2D eigenvalue weighted by Crippen LogP contribution is 2.46. The van der Waals surface area contributed by atoms with Crippen molar-refractivity contribution in [2.45, 2.75) is 46.8 Å². The Morgan fingerprint density at radius 1 is 1.10 bits per heavy atom. The van der Waals surface area contributed by atoms with E-state index < -0.39 is 6.64 Å². The standard InChI is InChI=1S/C14H23N2O2PS2/c1-10(2)17-19(21,18-11(3)4)16-14(20)15-13-9-7-6-8-12(13)5/h6-11H,1-5H3,(H2,15,16,20,21). The molecule has 0 saturated heterocycles. The van der Waals surface area contributed by atoms with Gasteiger partial charge in [-0.15, -0.1) is 0 Å². The van der Waals surface area contributed by atoms with Crippen LogP contribution in [0.5, 0.6) is 0 Å². The van der Waals surface area contributed by atoms with Crippen LogP contribution in [0.3, 0.4) is 0 Å². The second-order valence-corrected chi connectivity index (χ2v) is 8.68. The zero-order chi connectivity index (χ0) is 16.0. The van der Waals surface area contributed by atoms with Crippen molar-refractivity contribution in [1.82, 2.24) is 5.09 Å². The molecule has 0 aromatic heterocycles. The van der Waals surface area contributed by atoms with Gasteiger partial charge in [0.15, 0.2) is 5.11 Å². The normalized spacial score (nSPS) is 11.8. The predicted octanol–water partition coefficient (Wildman–Crippen LogP) is 4.36. The molecule has 0 aliphatic rings. The molecule has 7 heteroatoms. The Bertz CT molecular complexity index is 521. The van der Waals surface area contributed by atoms with Crippen LogP contribution in [-0.4, -0.2) is 17.3 Å². The number of hydrogen-bond acceptors (Lipinski definition) is 4. The minimum atomic E-state index is -2.66. The smallest absolute Gasteiger partial charge is 0.289 e. The molecule has 2 N–H and O–H groups in total. The second-order valence-electron chi connectivity index (χ2n) is 5.19. The number of thiocarbonyl (C=S) groups is 1. The first kappa shape index (κ1) is 18.5. The van der Waals surface area contributed by atoms with Gasteiger partial charge in [-0.05, 0) is 70.3 Å². The number of para-hydroxylation sites is 1. The van der Waals surface area contributed by atoms with Crippen LogP contribution in [0.1, 0.15) is 33.3 Å². The van der Waals surface area contributed by atoms with Crippen molar-refractivity contribution < 1.29 is 9.05 Å². The maximum Gasteiger partial charge on any atom is 0.289 e. The van der Waals surface area contributed by atoms with Gasteiger partial charge in [0.1, 0.15) is 0 Å². The Morgan fingerprint density at radius 2 is 1.62 bits per heavy atom. The van der Waals surface area contributed by atoms with Gasteiger partial charge >= 0.3 is 0 Å². The van der Waals surface area contributed by atoms with E-state index in [1.807, 2.05) is 58.9 Å². The summed E-state index contributed by atoms with van der Waals surface area (Å²) >= 11 is 10.8. The number of rotatable bonds is 6. The van der Waals surface area contributed by atoms with Crippen molar-refractivity contribution in [3.8, 4) is 0 Å². The third kappa shape index (κ3) is 6.85. The maximum absolute atomic E-state index is 5.75. The number of nitrogens with one attached hydrogen (secondary N) is 2.